The van der Waals surface area contributed by atoms with Crippen LogP contribution >= 0.6 is 35.0 Å². The number of nitrogens with zero attached hydrogens (tertiary/aromatic N) is 2. The van der Waals surface area contributed by atoms with E-state index in [-0.39, 0.29) is 22.0 Å². The summed E-state index contributed by atoms with van der Waals surface area (Å²) >= 11 is 13.1. The first-order valence-corrected chi connectivity index (χ1v) is 12.1. The van der Waals surface area contributed by atoms with Gasteiger partial charge in [-0.1, -0.05) is 53.5 Å². The molecule has 35 heavy (non-hydrogen) atoms. The molecule has 9 heteroatoms. The van der Waals surface area contributed by atoms with E-state index in [1.165, 1.54) is 30.3 Å². The van der Waals surface area contributed by atoms with Crippen LogP contribution in [0.5, 0.6) is 0 Å². The first-order chi connectivity index (χ1) is 16.8. The van der Waals surface area contributed by atoms with Crippen LogP contribution in [0.1, 0.15) is 16.7 Å². The zero-order chi connectivity index (χ0) is 24.7. The van der Waals surface area contributed by atoms with Crippen molar-refractivity contribution in [1.29, 1.82) is 0 Å². The number of thioether (sulfide) groups is 1. The van der Waals surface area contributed by atoms with Crippen LogP contribution in [0, 0.1) is 11.6 Å². The first kappa shape index (κ1) is 23.6. The molecule has 1 fully saturated rings. The number of aromatic nitrogens is 1. The summed E-state index contributed by atoms with van der Waals surface area (Å²) in [5.41, 5.74) is 2.44. The van der Waals surface area contributed by atoms with Gasteiger partial charge in [0.15, 0.2) is 0 Å². The lowest BCUT2D eigenvalue weighted by atomic mass is 10.1. The summed E-state index contributed by atoms with van der Waals surface area (Å²) in [5, 5.41) is 0.838. The van der Waals surface area contributed by atoms with Crippen molar-refractivity contribution in [2.45, 2.75) is 13.1 Å². The van der Waals surface area contributed by atoms with Crippen LogP contribution in [0.4, 0.5) is 13.6 Å². The summed E-state index contributed by atoms with van der Waals surface area (Å²) in [6.07, 6.45) is 3.50. The van der Waals surface area contributed by atoms with E-state index in [9.17, 15) is 18.4 Å². The minimum absolute atomic E-state index is 0.0884. The molecule has 2 amide bonds. The number of carbonyl (C=O) groups is 2. The van der Waals surface area contributed by atoms with Gasteiger partial charge in [-0.2, -0.15) is 0 Å². The Hall–Kier alpha value is -3.13. The number of hydrogen-bond donors (Lipinski definition) is 0. The molecule has 0 aliphatic carbocycles. The van der Waals surface area contributed by atoms with E-state index in [1.807, 2.05) is 35.0 Å². The van der Waals surface area contributed by atoms with Gasteiger partial charge in [0, 0.05) is 44.8 Å². The van der Waals surface area contributed by atoms with Crippen molar-refractivity contribution in [1.82, 2.24) is 9.47 Å². The average molecular weight is 529 g/mol. The molecule has 0 N–H and O–H groups in total. The second-order valence-corrected chi connectivity index (χ2v) is 9.74. The van der Waals surface area contributed by atoms with Crippen LogP contribution < -0.4 is 0 Å². The standard InChI is InChI=1S/C26H16Cl2F2N2O2S/c27-20-5-3-6-22(30)19(20)14-32-25(33)24(35-26(32)34)10-16-13-31(23-7-2-1-4-18(16)23)12-15-8-9-17(29)11-21(15)28/h1-11,13H,12,14H2. The summed E-state index contributed by atoms with van der Waals surface area (Å²) in [5.74, 6) is -1.51. The highest BCUT2D eigenvalue weighted by Gasteiger charge is 2.36. The zero-order valence-corrected chi connectivity index (χ0v) is 20.3. The molecule has 0 saturated carbocycles. The van der Waals surface area contributed by atoms with Crippen molar-refractivity contribution in [3.63, 3.8) is 0 Å². The van der Waals surface area contributed by atoms with E-state index < -0.39 is 22.8 Å². The molecule has 1 saturated heterocycles. The van der Waals surface area contributed by atoms with Crippen molar-refractivity contribution < 1.29 is 18.4 Å². The minimum atomic E-state index is -0.581. The van der Waals surface area contributed by atoms with Crippen molar-refractivity contribution in [2.75, 3.05) is 0 Å². The van der Waals surface area contributed by atoms with Crippen LogP contribution in [0.3, 0.4) is 0 Å². The van der Waals surface area contributed by atoms with Crippen LogP contribution in [-0.4, -0.2) is 20.6 Å². The molecule has 1 aromatic heterocycles. The van der Waals surface area contributed by atoms with Crippen molar-refractivity contribution in [3.8, 4) is 0 Å². The van der Waals surface area contributed by atoms with E-state index in [4.69, 9.17) is 23.2 Å². The highest BCUT2D eigenvalue weighted by atomic mass is 35.5. The number of rotatable bonds is 5. The van der Waals surface area contributed by atoms with Gasteiger partial charge in [-0.25, -0.2) is 8.78 Å². The Morgan fingerprint density at radius 3 is 2.49 bits per heavy atom. The molecule has 0 spiro atoms. The Bertz CT molecular complexity index is 1510. The predicted molar refractivity (Wildman–Crippen MR) is 135 cm³/mol. The Kier molecular flexibility index (Phi) is 6.40. The molecule has 5 rings (SSSR count). The summed E-state index contributed by atoms with van der Waals surface area (Å²) < 4.78 is 29.6. The van der Waals surface area contributed by atoms with Gasteiger partial charge in [-0.05, 0) is 53.7 Å². The maximum absolute atomic E-state index is 14.2. The maximum Gasteiger partial charge on any atom is 0.293 e. The van der Waals surface area contributed by atoms with E-state index in [0.717, 1.165) is 38.7 Å². The van der Waals surface area contributed by atoms with Gasteiger partial charge in [-0.15, -0.1) is 0 Å². The molecular weight excluding hydrogens is 513 g/mol. The fourth-order valence-electron chi connectivity index (χ4n) is 3.97. The van der Waals surface area contributed by atoms with Gasteiger partial charge in [0.2, 0.25) is 0 Å². The maximum atomic E-state index is 14.2. The molecular formula is C26H16Cl2F2N2O2S. The highest BCUT2D eigenvalue weighted by Crippen LogP contribution is 2.36. The summed E-state index contributed by atoms with van der Waals surface area (Å²) in [4.78, 5) is 26.9. The van der Waals surface area contributed by atoms with Gasteiger partial charge < -0.3 is 4.57 Å². The van der Waals surface area contributed by atoms with E-state index in [2.05, 4.69) is 0 Å². The minimum Gasteiger partial charge on any atom is -0.342 e. The summed E-state index contributed by atoms with van der Waals surface area (Å²) in [6.45, 7) is 0.138. The van der Waals surface area contributed by atoms with E-state index in [0.29, 0.717) is 11.6 Å². The first-order valence-electron chi connectivity index (χ1n) is 10.5. The van der Waals surface area contributed by atoms with Crippen LogP contribution in [-0.2, 0) is 17.9 Å². The number of fused-ring (bicyclic) bond motifs is 1. The number of para-hydroxylation sites is 1. The summed E-state index contributed by atoms with van der Waals surface area (Å²) in [7, 11) is 0. The SMILES string of the molecule is O=C1SC(=Cc2cn(Cc3ccc(F)cc3Cl)c3ccccc23)C(=O)N1Cc1c(F)cccc1Cl. The zero-order valence-electron chi connectivity index (χ0n) is 18.0. The lowest BCUT2D eigenvalue weighted by molar-refractivity contribution is -0.123. The highest BCUT2D eigenvalue weighted by molar-refractivity contribution is 8.18. The topological polar surface area (TPSA) is 42.3 Å². The Morgan fingerprint density at radius 1 is 0.914 bits per heavy atom. The fraction of sp³-hybridized carbons (Fsp3) is 0.0769. The Labute approximate surface area is 213 Å². The predicted octanol–water partition coefficient (Wildman–Crippen LogP) is 7.51. The molecule has 176 valence electrons. The lowest BCUT2D eigenvalue weighted by Gasteiger charge is -2.14. The molecule has 0 atom stereocenters. The van der Waals surface area contributed by atoms with Gasteiger partial charge in [0.05, 0.1) is 11.4 Å². The number of imide groups is 1. The molecule has 1 aliphatic heterocycles. The van der Waals surface area contributed by atoms with Gasteiger partial charge in [-0.3, -0.25) is 14.5 Å². The molecule has 0 bridgehead atoms. The largest absolute Gasteiger partial charge is 0.342 e. The van der Waals surface area contributed by atoms with Crippen molar-refractivity contribution in [3.05, 3.63) is 110 Å². The third-order valence-electron chi connectivity index (χ3n) is 5.71. The van der Waals surface area contributed by atoms with Crippen LogP contribution in [0.15, 0.2) is 71.8 Å². The second-order valence-electron chi connectivity index (χ2n) is 7.93. The normalized spacial score (nSPS) is 15.1. The van der Waals surface area contributed by atoms with Gasteiger partial charge >= 0.3 is 0 Å². The van der Waals surface area contributed by atoms with E-state index in [1.54, 1.807) is 12.1 Å². The van der Waals surface area contributed by atoms with E-state index >= 15 is 0 Å². The Balaban J connectivity index is 1.48. The van der Waals surface area contributed by atoms with Crippen LogP contribution in [0.2, 0.25) is 10.0 Å². The van der Waals surface area contributed by atoms with Crippen molar-refractivity contribution in [2.24, 2.45) is 0 Å². The average Bonchev–Trinajstić information content (AvgIpc) is 3.30. The number of benzene rings is 3. The summed E-state index contributed by atoms with van der Waals surface area (Å²) in [6, 6.07) is 16.1. The molecule has 1 aliphatic rings. The van der Waals surface area contributed by atoms with Gasteiger partial charge in [0.25, 0.3) is 11.1 Å². The van der Waals surface area contributed by atoms with Crippen molar-refractivity contribution >= 4 is 63.1 Å². The molecule has 0 radical (unpaired) electrons. The quantitative estimate of drug-likeness (QED) is 0.251. The number of hydrogen-bond acceptors (Lipinski definition) is 3. The third-order valence-corrected chi connectivity index (χ3v) is 7.33. The Morgan fingerprint density at radius 2 is 1.71 bits per heavy atom. The molecule has 0 unspecified atom stereocenters. The second kappa shape index (κ2) is 9.49. The number of carbonyl (C=O) groups excluding carboxylic acids is 2. The lowest BCUT2D eigenvalue weighted by Crippen LogP contribution is -2.28. The monoisotopic (exact) mass is 528 g/mol. The van der Waals surface area contributed by atoms with Gasteiger partial charge in [0.1, 0.15) is 11.6 Å². The number of halogens is 4. The molecule has 4 nitrogen and oxygen atoms in total. The molecule has 4 aromatic rings. The fourth-order valence-corrected chi connectivity index (χ4v) is 5.25. The smallest absolute Gasteiger partial charge is 0.293 e. The molecule has 3 aromatic carbocycles. The number of amides is 2. The van der Waals surface area contributed by atoms with Crippen LogP contribution in [0.25, 0.3) is 17.0 Å². The molecule has 2 heterocycles. The third kappa shape index (κ3) is 4.59.